The zero-order chi connectivity index (χ0) is 17.0. The van der Waals surface area contributed by atoms with E-state index >= 15 is 0 Å². The van der Waals surface area contributed by atoms with E-state index in [9.17, 15) is 12.8 Å². The zero-order valence-electron chi connectivity index (χ0n) is 12.6. The van der Waals surface area contributed by atoms with Gasteiger partial charge in [-0.3, -0.25) is 0 Å². The summed E-state index contributed by atoms with van der Waals surface area (Å²) < 4.78 is 39.7. The predicted octanol–water partition coefficient (Wildman–Crippen LogP) is 3.47. The van der Waals surface area contributed by atoms with Gasteiger partial charge in [-0.15, -0.1) is 11.3 Å². The molecule has 1 N–H and O–H groups in total. The van der Waals surface area contributed by atoms with Crippen molar-refractivity contribution < 1.29 is 12.8 Å². The van der Waals surface area contributed by atoms with Crippen LogP contribution in [0, 0.1) is 5.82 Å². The minimum Gasteiger partial charge on any atom is -0.241 e. The van der Waals surface area contributed by atoms with Gasteiger partial charge in [0.15, 0.2) is 0 Å². The summed E-state index contributed by atoms with van der Waals surface area (Å²) >= 11 is 1.45. The van der Waals surface area contributed by atoms with Crippen LogP contribution >= 0.6 is 11.3 Å². The first-order valence-corrected chi connectivity index (χ1v) is 9.66. The van der Waals surface area contributed by atoms with E-state index in [-0.39, 0.29) is 17.3 Å². The van der Waals surface area contributed by atoms with Gasteiger partial charge in [0.25, 0.3) is 0 Å². The Morgan fingerprint density at radius 2 is 1.75 bits per heavy atom. The first-order valence-electron chi connectivity index (χ1n) is 7.30. The molecule has 0 unspecified atom stereocenters. The summed E-state index contributed by atoms with van der Waals surface area (Å²) in [5.74, 6) is -0.286. The topological polar surface area (TPSA) is 59.1 Å². The molecule has 3 aromatic rings. The van der Waals surface area contributed by atoms with Crippen molar-refractivity contribution in [3.63, 3.8) is 0 Å². The summed E-state index contributed by atoms with van der Waals surface area (Å²) in [6, 6.07) is 14.4. The largest absolute Gasteiger partial charge is 0.241 e. The predicted molar refractivity (Wildman–Crippen MR) is 92.8 cm³/mol. The van der Waals surface area contributed by atoms with Crippen molar-refractivity contribution in [1.29, 1.82) is 0 Å². The highest BCUT2D eigenvalue weighted by molar-refractivity contribution is 7.89. The van der Waals surface area contributed by atoms with Gasteiger partial charge in [-0.05, 0) is 36.4 Å². The summed E-state index contributed by atoms with van der Waals surface area (Å²) in [4.78, 5) is 4.71. The van der Waals surface area contributed by atoms with Crippen LogP contribution in [0.3, 0.4) is 0 Å². The van der Waals surface area contributed by atoms with Crippen molar-refractivity contribution >= 4 is 21.4 Å². The fourth-order valence-electron chi connectivity index (χ4n) is 2.14. The molecule has 0 amide bonds. The van der Waals surface area contributed by atoms with E-state index in [2.05, 4.69) is 9.71 Å². The number of nitrogens with zero attached hydrogens (tertiary/aromatic N) is 1. The molecule has 3 rings (SSSR count). The van der Waals surface area contributed by atoms with Crippen LogP contribution in [0.4, 0.5) is 4.39 Å². The molecular weight excluding hydrogens is 347 g/mol. The molecule has 0 atom stereocenters. The average Bonchev–Trinajstić information content (AvgIpc) is 3.05. The van der Waals surface area contributed by atoms with E-state index in [0.29, 0.717) is 6.42 Å². The van der Waals surface area contributed by atoms with Crippen LogP contribution in [-0.4, -0.2) is 19.9 Å². The lowest BCUT2D eigenvalue weighted by molar-refractivity contribution is 0.581. The summed E-state index contributed by atoms with van der Waals surface area (Å²) in [5.41, 5.74) is 1.65. The first-order chi connectivity index (χ1) is 11.5. The molecule has 0 saturated heterocycles. The third kappa shape index (κ3) is 4.05. The van der Waals surface area contributed by atoms with Gasteiger partial charge in [-0.1, -0.05) is 18.2 Å². The Kier molecular flexibility index (Phi) is 5.03. The van der Waals surface area contributed by atoms with E-state index in [4.69, 9.17) is 0 Å². The Labute approximate surface area is 144 Å². The molecule has 0 aliphatic carbocycles. The summed E-state index contributed by atoms with van der Waals surface area (Å²) in [7, 11) is -3.50. The molecule has 0 aliphatic heterocycles. The summed E-state index contributed by atoms with van der Waals surface area (Å²) in [6.07, 6.45) is 0.490. The van der Waals surface area contributed by atoms with Crippen molar-refractivity contribution in [2.45, 2.75) is 11.3 Å². The van der Waals surface area contributed by atoms with Crippen molar-refractivity contribution in [3.8, 4) is 10.6 Å². The number of rotatable bonds is 6. The number of nitrogens with one attached hydrogen (secondary N) is 1. The normalized spacial score (nSPS) is 11.5. The molecule has 2 aromatic carbocycles. The van der Waals surface area contributed by atoms with Crippen LogP contribution in [-0.2, 0) is 16.4 Å². The zero-order valence-corrected chi connectivity index (χ0v) is 14.3. The highest BCUT2D eigenvalue weighted by atomic mass is 32.2. The van der Waals surface area contributed by atoms with E-state index < -0.39 is 10.0 Å². The molecule has 0 radical (unpaired) electrons. The fraction of sp³-hybridized carbons (Fsp3) is 0.118. The SMILES string of the molecule is O=S(=O)(NCCc1csc(-c2ccc(F)cc2)n1)c1ccccc1. The number of hydrogen-bond donors (Lipinski definition) is 1. The molecular formula is C17H15FN2O2S2. The second-order valence-electron chi connectivity index (χ2n) is 5.11. The van der Waals surface area contributed by atoms with Crippen LogP contribution in [0.2, 0.25) is 0 Å². The fourth-order valence-corrected chi connectivity index (χ4v) is 4.06. The van der Waals surface area contributed by atoms with Gasteiger partial charge in [0, 0.05) is 23.9 Å². The van der Waals surface area contributed by atoms with Crippen molar-refractivity contribution in [3.05, 3.63) is 71.5 Å². The Hall–Kier alpha value is -2.09. The molecule has 0 saturated carbocycles. The molecule has 24 heavy (non-hydrogen) atoms. The molecule has 1 aromatic heterocycles. The second kappa shape index (κ2) is 7.21. The maximum Gasteiger partial charge on any atom is 0.240 e. The lowest BCUT2D eigenvalue weighted by Gasteiger charge is -2.05. The highest BCUT2D eigenvalue weighted by Crippen LogP contribution is 2.24. The number of sulfonamides is 1. The Bertz CT molecular complexity index is 907. The highest BCUT2D eigenvalue weighted by Gasteiger charge is 2.13. The molecule has 0 aliphatic rings. The molecule has 0 spiro atoms. The van der Waals surface area contributed by atoms with E-state index in [1.807, 2.05) is 5.38 Å². The average molecular weight is 362 g/mol. The van der Waals surface area contributed by atoms with E-state index in [1.165, 1.54) is 23.5 Å². The summed E-state index contributed by atoms with van der Waals surface area (Å²) in [6.45, 7) is 0.268. The Morgan fingerprint density at radius 3 is 2.46 bits per heavy atom. The number of halogens is 1. The Balaban J connectivity index is 1.61. The lowest BCUT2D eigenvalue weighted by atomic mass is 10.2. The third-order valence-electron chi connectivity index (χ3n) is 3.37. The molecule has 0 fully saturated rings. The van der Waals surface area contributed by atoms with Crippen molar-refractivity contribution in [2.24, 2.45) is 0 Å². The van der Waals surface area contributed by atoms with Crippen LogP contribution in [0.15, 0.2) is 64.9 Å². The minimum absolute atomic E-state index is 0.246. The summed E-state index contributed by atoms with van der Waals surface area (Å²) in [5, 5.41) is 2.67. The van der Waals surface area contributed by atoms with Crippen LogP contribution in [0.1, 0.15) is 5.69 Å². The van der Waals surface area contributed by atoms with E-state index in [0.717, 1.165) is 16.3 Å². The molecule has 1 heterocycles. The first kappa shape index (κ1) is 16.8. The van der Waals surface area contributed by atoms with Crippen molar-refractivity contribution in [2.75, 3.05) is 6.54 Å². The van der Waals surface area contributed by atoms with Gasteiger partial charge >= 0.3 is 0 Å². The number of hydrogen-bond acceptors (Lipinski definition) is 4. The van der Waals surface area contributed by atoms with Gasteiger partial charge < -0.3 is 0 Å². The number of benzene rings is 2. The smallest absolute Gasteiger partial charge is 0.240 e. The van der Waals surface area contributed by atoms with Gasteiger partial charge in [0.1, 0.15) is 10.8 Å². The minimum atomic E-state index is -3.50. The van der Waals surface area contributed by atoms with Crippen LogP contribution in [0.5, 0.6) is 0 Å². The molecule has 4 nitrogen and oxygen atoms in total. The quantitative estimate of drug-likeness (QED) is 0.730. The monoisotopic (exact) mass is 362 g/mol. The molecule has 124 valence electrons. The standard InChI is InChI=1S/C17H15FN2O2S2/c18-14-8-6-13(7-9-14)17-20-15(12-23-17)10-11-19-24(21,22)16-4-2-1-3-5-16/h1-9,12,19H,10-11H2. The molecule has 0 bridgehead atoms. The maximum atomic E-state index is 12.9. The van der Waals surface area contributed by atoms with Gasteiger partial charge in [-0.25, -0.2) is 22.5 Å². The number of aromatic nitrogens is 1. The van der Waals surface area contributed by atoms with Gasteiger partial charge in [0.05, 0.1) is 10.6 Å². The Morgan fingerprint density at radius 1 is 1.04 bits per heavy atom. The third-order valence-corrected chi connectivity index (χ3v) is 5.79. The van der Waals surface area contributed by atoms with Crippen molar-refractivity contribution in [1.82, 2.24) is 9.71 Å². The molecule has 7 heteroatoms. The second-order valence-corrected chi connectivity index (χ2v) is 7.74. The maximum absolute atomic E-state index is 12.9. The van der Waals surface area contributed by atoms with Gasteiger partial charge in [0.2, 0.25) is 10.0 Å². The van der Waals surface area contributed by atoms with Crippen LogP contribution < -0.4 is 4.72 Å². The lowest BCUT2D eigenvalue weighted by Crippen LogP contribution is -2.26. The van der Waals surface area contributed by atoms with Crippen LogP contribution in [0.25, 0.3) is 10.6 Å². The van der Waals surface area contributed by atoms with E-state index in [1.54, 1.807) is 42.5 Å². The number of thiazole rings is 1. The van der Waals surface area contributed by atoms with Gasteiger partial charge in [-0.2, -0.15) is 0 Å².